The van der Waals surface area contributed by atoms with E-state index in [1.165, 1.54) is 17.1 Å². The second kappa shape index (κ2) is 6.46. The third kappa shape index (κ3) is 3.91. The zero-order valence-electron chi connectivity index (χ0n) is 10.7. The largest absolute Gasteiger partial charge is 0.326 e. The Balaban J connectivity index is 1.75. The van der Waals surface area contributed by atoms with Crippen molar-refractivity contribution in [3.05, 3.63) is 52.8 Å². The van der Waals surface area contributed by atoms with Gasteiger partial charge in [-0.1, -0.05) is 18.2 Å². The first-order valence-corrected chi connectivity index (χ1v) is 6.17. The van der Waals surface area contributed by atoms with Crippen molar-refractivity contribution in [3.63, 3.8) is 0 Å². The van der Waals surface area contributed by atoms with Crippen LogP contribution >= 0.6 is 0 Å². The summed E-state index contributed by atoms with van der Waals surface area (Å²) in [5, 5.41) is 17.1. The number of carbonyl (C=O) groups excluding carboxylic acids is 1. The predicted molar refractivity (Wildman–Crippen MR) is 73.2 cm³/mol. The minimum Gasteiger partial charge on any atom is -0.326 e. The number of nitrogens with one attached hydrogen (secondary N) is 1. The molecule has 1 heterocycles. The number of nitrogens with zero attached hydrogens (tertiary/aromatic N) is 3. The van der Waals surface area contributed by atoms with Gasteiger partial charge in [-0.3, -0.25) is 19.6 Å². The van der Waals surface area contributed by atoms with E-state index in [0.29, 0.717) is 19.4 Å². The van der Waals surface area contributed by atoms with Crippen LogP contribution in [-0.4, -0.2) is 20.6 Å². The summed E-state index contributed by atoms with van der Waals surface area (Å²) in [4.78, 5) is 21.7. The maximum absolute atomic E-state index is 11.7. The molecule has 0 unspecified atom stereocenters. The van der Waals surface area contributed by atoms with Crippen LogP contribution in [0.2, 0.25) is 0 Å². The molecule has 1 aromatic heterocycles. The number of nitro groups is 1. The lowest BCUT2D eigenvalue weighted by atomic mass is 10.2. The number of benzene rings is 1. The molecule has 0 atom stereocenters. The Morgan fingerprint density at radius 2 is 2.10 bits per heavy atom. The topological polar surface area (TPSA) is 90.1 Å². The molecule has 1 amide bonds. The van der Waals surface area contributed by atoms with Gasteiger partial charge in [0.1, 0.15) is 12.4 Å². The fourth-order valence-corrected chi connectivity index (χ4v) is 1.72. The number of hydrogen-bond acceptors (Lipinski definition) is 4. The van der Waals surface area contributed by atoms with Crippen LogP contribution in [0.25, 0.3) is 0 Å². The molecule has 1 aromatic carbocycles. The Bertz CT molecular complexity index is 595. The van der Waals surface area contributed by atoms with Crippen molar-refractivity contribution in [2.24, 2.45) is 0 Å². The van der Waals surface area contributed by atoms with Crippen LogP contribution in [0.3, 0.4) is 0 Å². The van der Waals surface area contributed by atoms with Gasteiger partial charge in [-0.25, -0.2) is 0 Å². The van der Waals surface area contributed by atoms with Crippen molar-refractivity contribution >= 4 is 17.3 Å². The Labute approximate surface area is 115 Å². The standard InChI is InChI=1S/C13H14N4O3/c18-13(15-11-5-2-1-3-6-11)7-4-8-16-10-12(9-14-16)17(19)20/h1-3,5-6,9-10H,4,7-8H2,(H,15,18). The third-order valence-corrected chi connectivity index (χ3v) is 2.68. The molecule has 7 nitrogen and oxygen atoms in total. The second-order valence-corrected chi connectivity index (χ2v) is 4.24. The van der Waals surface area contributed by atoms with Gasteiger partial charge in [0.05, 0.1) is 4.92 Å². The fourth-order valence-electron chi connectivity index (χ4n) is 1.72. The summed E-state index contributed by atoms with van der Waals surface area (Å²) in [5.41, 5.74) is 0.714. The van der Waals surface area contributed by atoms with Crippen LogP contribution in [0, 0.1) is 10.1 Å². The molecule has 0 saturated carbocycles. The van der Waals surface area contributed by atoms with Crippen LogP contribution in [0.4, 0.5) is 11.4 Å². The molecule has 104 valence electrons. The molecule has 0 spiro atoms. The third-order valence-electron chi connectivity index (χ3n) is 2.68. The van der Waals surface area contributed by atoms with E-state index in [0.717, 1.165) is 5.69 Å². The number of anilines is 1. The first-order chi connectivity index (χ1) is 9.65. The van der Waals surface area contributed by atoms with Crippen LogP contribution in [0.1, 0.15) is 12.8 Å². The highest BCUT2D eigenvalue weighted by molar-refractivity contribution is 5.90. The van der Waals surface area contributed by atoms with E-state index in [9.17, 15) is 14.9 Å². The Morgan fingerprint density at radius 3 is 2.75 bits per heavy atom. The molecule has 2 aromatic rings. The van der Waals surface area contributed by atoms with Gasteiger partial charge in [0.25, 0.3) is 0 Å². The van der Waals surface area contributed by atoms with Crippen LogP contribution in [-0.2, 0) is 11.3 Å². The van der Waals surface area contributed by atoms with Gasteiger partial charge in [-0.05, 0) is 18.6 Å². The van der Waals surface area contributed by atoms with Crippen LogP contribution < -0.4 is 5.32 Å². The SMILES string of the molecule is O=C(CCCn1cc([N+](=O)[O-])cn1)Nc1ccccc1. The van der Waals surface area contributed by atoms with Gasteiger partial charge in [-0.2, -0.15) is 5.10 Å². The van der Waals surface area contributed by atoms with E-state index in [-0.39, 0.29) is 11.6 Å². The minimum atomic E-state index is -0.494. The van der Waals surface area contributed by atoms with Crippen molar-refractivity contribution in [3.8, 4) is 0 Å². The van der Waals surface area contributed by atoms with Crippen molar-refractivity contribution in [2.45, 2.75) is 19.4 Å². The smallest absolute Gasteiger partial charge is 0.306 e. The molecule has 20 heavy (non-hydrogen) atoms. The zero-order chi connectivity index (χ0) is 14.4. The number of carbonyl (C=O) groups is 1. The van der Waals surface area contributed by atoms with E-state index in [1.54, 1.807) is 0 Å². The van der Waals surface area contributed by atoms with Crippen molar-refractivity contribution in [2.75, 3.05) is 5.32 Å². The normalized spacial score (nSPS) is 10.2. The lowest BCUT2D eigenvalue weighted by molar-refractivity contribution is -0.385. The first-order valence-electron chi connectivity index (χ1n) is 6.17. The summed E-state index contributed by atoms with van der Waals surface area (Å²) >= 11 is 0. The molecule has 0 radical (unpaired) electrons. The van der Waals surface area contributed by atoms with E-state index >= 15 is 0 Å². The summed E-state index contributed by atoms with van der Waals surface area (Å²) in [6, 6.07) is 9.20. The molecule has 0 bridgehead atoms. The summed E-state index contributed by atoms with van der Waals surface area (Å²) in [5.74, 6) is -0.0853. The van der Waals surface area contributed by atoms with Gasteiger partial charge in [0.15, 0.2) is 0 Å². The van der Waals surface area contributed by atoms with E-state index in [2.05, 4.69) is 10.4 Å². The van der Waals surface area contributed by atoms with Gasteiger partial charge >= 0.3 is 5.69 Å². The summed E-state index contributed by atoms with van der Waals surface area (Å²) in [7, 11) is 0. The van der Waals surface area contributed by atoms with Gasteiger partial charge in [0.2, 0.25) is 5.91 Å². The van der Waals surface area contributed by atoms with E-state index in [1.807, 2.05) is 30.3 Å². The molecule has 0 saturated heterocycles. The minimum absolute atomic E-state index is 0.0428. The maximum Gasteiger partial charge on any atom is 0.306 e. The van der Waals surface area contributed by atoms with Crippen LogP contribution in [0.5, 0.6) is 0 Å². The van der Waals surface area contributed by atoms with E-state index in [4.69, 9.17) is 0 Å². The molecule has 0 aliphatic carbocycles. The van der Waals surface area contributed by atoms with Crippen LogP contribution in [0.15, 0.2) is 42.7 Å². The summed E-state index contributed by atoms with van der Waals surface area (Å²) < 4.78 is 1.47. The second-order valence-electron chi connectivity index (χ2n) is 4.24. The molecular formula is C13H14N4O3. The van der Waals surface area contributed by atoms with Crippen molar-refractivity contribution < 1.29 is 9.72 Å². The summed E-state index contributed by atoms with van der Waals surface area (Å²) in [6.07, 6.45) is 3.46. The maximum atomic E-state index is 11.7. The number of aryl methyl sites for hydroxylation is 1. The molecule has 0 fully saturated rings. The predicted octanol–water partition coefficient (Wildman–Crippen LogP) is 2.21. The Hall–Kier alpha value is -2.70. The highest BCUT2D eigenvalue weighted by Crippen LogP contribution is 2.09. The molecule has 7 heteroatoms. The van der Waals surface area contributed by atoms with Gasteiger partial charge < -0.3 is 5.32 Å². The van der Waals surface area contributed by atoms with Crippen molar-refractivity contribution in [1.29, 1.82) is 0 Å². The molecule has 0 aliphatic rings. The average molecular weight is 274 g/mol. The lowest BCUT2D eigenvalue weighted by Gasteiger charge is -2.04. The monoisotopic (exact) mass is 274 g/mol. The van der Waals surface area contributed by atoms with E-state index < -0.39 is 4.92 Å². The first kappa shape index (κ1) is 13.7. The molecular weight excluding hydrogens is 260 g/mol. The fraction of sp³-hybridized carbons (Fsp3) is 0.231. The number of hydrogen-bond donors (Lipinski definition) is 1. The highest BCUT2D eigenvalue weighted by atomic mass is 16.6. The van der Waals surface area contributed by atoms with Gasteiger partial charge in [-0.15, -0.1) is 0 Å². The lowest BCUT2D eigenvalue weighted by Crippen LogP contribution is -2.12. The Morgan fingerprint density at radius 1 is 1.35 bits per heavy atom. The number of para-hydroxylation sites is 1. The average Bonchev–Trinajstić information content (AvgIpc) is 2.89. The molecule has 1 N–H and O–H groups in total. The molecule has 0 aliphatic heterocycles. The number of rotatable bonds is 6. The zero-order valence-corrected chi connectivity index (χ0v) is 10.7. The number of amides is 1. The Kier molecular flexibility index (Phi) is 4.43. The quantitative estimate of drug-likeness (QED) is 0.646. The van der Waals surface area contributed by atoms with Gasteiger partial charge in [0, 0.05) is 18.7 Å². The molecule has 2 rings (SSSR count). The summed E-state index contributed by atoms with van der Waals surface area (Å²) in [6.45, 7) is 0.468. The van der Waals surface area contributed by atoms with Crippen molar-refractivity contribution in [1.82, 2.24) is 9.78 Å². The number of aromatic nitrogens is 2. The highest BCUT2D eigenvalue weighted by Gasteiger charge is 2.09.